The lowest BCUT2D eigenvalue weighted by Gasteiger charge is -2.38. The van der Waals surface area contributed by atoms with Crippen LogP contribution in [0.3, 0.4) is 0 Å². The summed E-state index contributed by atoms with van der Waals surface area (Å²) < 4.78 is 12.3. The number of hydrogen-bond acceptors (Lipinski definition) is 4. The quantitative estimate of drug-likeness (QED) is 0.619. The van der Waals surface area contributed by atoms with Crippen molar-refractivity contribution in [2.45, 2.75) is 31.2 Å². The number of isocyanates is 1. The lowest BCUT2D eigenvalue weighted by molar-refractivity contribution is 0.252. The molecule has 2 aliphatic rings. The zero-order valence-corrected chi connectivity index (χ0v) is 12.0. The Kier molecular flexibility index (Phi) is 3.33. The van der Waals surface area contributed by atoms with E-state index in [1.165, 1.54) is 0 Å². The molecule has 0 amide bonds. The molecule has 0 radical (unpaired) electrons. The lowest BCUT2D eigenvalue weighted by atomic mass is 9.72. The average Bonchev–Trinajstić information content (AvgIpc) is 2.58. The largest absolute Gasteiger partial charge is 0.490 e. The molecule has 5 heteroatoms. The van der Waals surface area contributed by atoms with Crippen molar-refractivity contribution in [1.29, 1.82) is 0 Å². The third-order valence-corrected chi connectivity index (χ3v) is 4.44. The molecule has 0 unspecified atom stereocenters. The van der Waals surface area contributed by atoms with Crippen LogP contribution in [-0.2, 0) is 10.3 Å². The Morgan fingerprint density at radius 1 is 1.16 bits per heavy atom. The van der Waals surface area contributed by atoms with Gasteiger partial charge in [-0.2, -0.15) is 4.99 Å². The maximum Gasteiger partial charge on any atom is 0.235 e. The van der Waals surface area contributed by atoms with Crippen LogP contribution in [0.2, 0.25) is 0 Å². The Bertz CT molecular complexity index is 548. The molecule has 1 fully saturated rings. The Hall–Kier alpha value is -1.32. The van der Waals surface area contributed by atoms with E-state index in [4.69, 9.17) is 9.47 Å². The van der Waals surface area contributed by atoms with Gasteiger partial charge in [-0.3, -0.25) is 0 Å². The molecule has 0 spiro atoms. The number of ether oxygens (including phenoxy) is 2. The van der Waals surface area contributed by atoms with Crippen molar-refractivity contribution in [2.75, 3.05) is 13.2 Å². The average molecular weight is 324 g/mol. The molecule has 1 heterocycles. The first kappa shape index (κ1) is 12.7. The fraction of sp³-hybridized carbons (Fsp3) is 0.500. The molecule has 1 aliphatic heterocycles. The van der Waals surface area contributed by atoms with Gasteiger partial charge >= 0.3 is 0 Å². The number of halogens is 1. The Morgan fingerprint density at radius 2 is 1.84 bits per heavy atom. The smallest absolute Gasteiger partial charge is 0.235 e. The first-order chi connectivity index (χ1) is 9.25. The van der Waals surface area contributed by atoms with Gasteiger partial charge in [0.15, 0.2) is 11.5 Å². The summed E-state index contributed by atoms with van der Waals surface area (Å²) in [6.07, 6.45) is 5.41. The Morgan fingerprint density at radius 3 is 2.42 bits per heavy atom. The summed E-state index contributed by atoms with van der Waals surface area (Å²) in [4.78, 5) is 14.7. The third kappa shape index (κ3) is 2.17. The van der Waals surface area contributed by atoms with Crippen LogP contribution in [0.25, 0.3) is 0 Å². The topological polar surface area (TPSA) is 47.9 Å². The van der Waals surface area contributed by atoms with E-state index in [1.807, 2.05) is 12.1 Å². The Balaban J connectivity index is 2.07. The van der Waals surface area contributed by atoms with Gasteiger partial charge in [0.05, 0.1) is 18.8 Å². The van der Waals surface area contributed by atoms with E-state index in [-0.39, 0.29) is 0 Å². The number of carbonyl (C=O) groups excluding carboxylic acids is 1. The van der Waals surface area contributed by atoms with Crippen molar-refractivity contribution >= 4 is 22.0 Å². The maximum absolute atomic E-state index is 10.7. The predicted octanol–water partition coefficient (Wildman–Crippen LogP) is 3.33. The number of hydrogen-bond donors (Lipinski definition) is 0. The van der Waals surface area contributed by atoms with Gasteiger partial charge in [-0.15, -0.1) is 0 Å². The number of nitrogens with zero attached hydrogens (tertiary/aromatic N) is 1. The SMILES string of the molecule is O=C=NC1(c2cc3c(cc2Br)OCCCO3)CCC1. The monoisotopic (exact) mass is 323 g/mol. The second kappa shape index (κ2) is 4.99. The van der Waals surface area contributed by atoms with E-state index >= 15 is 0 Å². The van der Waals surface area contributed by atoms with E-state index in [0.717, 1.165) is 47.2 Å². The molecule has 1 saturated carbocycles. The van der Waals surface area contributed by atoms with Crippen molar-refractivity contribution < 1.29 is 14.3 Å². The summed E-state index contributed by atoms with van der Waals surface area (Å²) in [6.45, 7) is 1.31. The normalized spacial score (nSPS) is 19.8. The van der Waals surface area contributed by atoms with Crippen LogP contribution in [-0.4, -0.2) is 19.3 Å². The standard InChI is InChI=1S/C14H14BrNO3/c15-11-8-13-12(18-5-2-6-19-13)7-10(11)14(16-9-17)3-1-4-14/h7-8H,1-6H2. The summed E-state index contributed by atoms with van der Waals surface area (Å²) in [5.41, 5.74) is 0.567. The summed E-state index contributed by atoms with van der Waals surface area (Å²) in [5, 5.41) is 0. The van der Waals surface area contributed by atoms with Crippen molar-refractivity contribution in [2.24, 2.45) is 4.99 Å². The highest BCUT2D eigenvalue weighted by Crippen LogP contribution is 2.49. The van der Waals surface area contributed by atoms with Crippen molar-refractivity contribution in [3.05, 3.63) is 22.2 Å². The molecular formula is C14H14BrNO3. The summed E-state index contributed by atoms with van der Waals surface area (Å²) >= 11 is 3.56. The molecule has 1 aromatic carbocycles. The zero-order valence-electron chi connectivity index (χ0n) is 10.4. The molecule has 0 bridgehead atoms. The fourth-order valence-electron chi connectivity index (χ4n) is 2.58. The molecule has 4 nitrogen and oxygen atoms in total. The molecule has 3 rings (SSSR count). The van der Waals surface area contributed by atoms with Gasteiger partial charge in [0.25, 0.3) is 0 Å². The van der Waals surface area contributed by atoms with Crippen molar-refractivity contribution in [3.8, 4) is 11.5 Å². The molecule has 0 saturated heterocycles. The van der Waals surface area contributed by atoms with Gasteiger partial charge in [-0.1, -0.05) is 15.9 Å². The maximum atomic E-state index is 10.7. The highest BCUT2D eigenvalue weighted by atomic mass is 79.9. The molecule has 0 aromatic heterocycles. The van der Waals surface area contributed by atoms with Gasteiger partial charge in [-0.05, 0) is 37.0 Å². The molecule has 1 aromatic rings. The fourth-order valence-corrected chi connectivity index (χ4v) is 3.27. The van der Waals surface area contributed by atoms with E-state index in [9.17, 15) is 4.79 Å². The molecule has 0 N–H and O–H groups in total. The van der Waals surface area contributed by atoms with Crippen LogP contribution in [0.1, 0.15) is 31.2 Å². The third-order valence-electron chi connectivity index (χ3n) is 3.78. The zero-order chi connectivity index (χ0) is 13.3. The van der Waals surface area contributed by atoms with Crippen LogP contribution in [0.5, 0.6) is 11.5 Å². The van der Waals surface area contributed by atoms with E-state index in [1.54, 1.807) is 6.08 Å². The van der Waals surface area contributed by atoms with E-state index in [0.29, 0.717) is 13.2 Å². The predicted molar refractivity (Wildman–Crippen MR) is 73.4 cm³/mol. The minimum absolute atomic E-state index is 0.425. The molecule has 100 valence electrons. The van der Waals surface area contributed by atoms with Gasteiger partial charge in [0, 0.05) is 10.9 Å². The van der Waals surface area contributed by atoms with Crippen molar-refractivity contribution in [1.82, 2.24) is 0 Å². The Labute approximate surface area is 119 Å². The number of rotatable bonds is 2. The van der Waals surface area contributed by atoms with Crippen LogP contribution in [0, 0.1) is 0 Å². The number of aliphatic imine (C=N–C) groups is 1. The van der Waals surface area contributed by atoms with Gasteiger partial charge in [0.2, 0.25) is 6.08 Å². The first-order valence-corrected chi connectivity index (χ1v) is 7.23. The van der Waals surface area contributed by atoms with Crippen LogP contribution in [0.4, 0.5) is 0 Å². The number of benzene rings is 1. The molecule has 19 heavy (non-hydrogen) atoms. The molecule has 0 atom stereocenters. The van der Waals surface area contributed by atoms with E-state index in [2.05, 4.69) is 20.9 Å². The second-order valence-electron chi connectivity index (χ2n) is 4.92. The van der Waals surface area contributed by atoms with E-state index < -0.39 is 5.54 Å². The van der Waals surface area contributed by atoms with Crippen LogP contribution >= 0.6 is 15.9 Å². The highest BCUT2D eigenvalue weighted by Gasteiger charge is 2.41. The van der Waals surface area contributed by atoms with Gasteiger partial charge in [0.1, 0.15) is 0 Å². The van der Waals surface area contributed by atoms with Crippen LogP contribution in [0.15, 0.2) is 21.6 Å². The highest BCUT2D eigenvalue weighted by molar-refractivity contribution is 9.10. The van der Waals surface area contributed by atoms with Crippen molar-refractivity contribution in [3.63, 3.8) is 0 Å². The van der Waals surface area contributed by atoms with Gasteiger partial charge in [-0.25, -0.2) is 4.79 Å². The minimum atomic E-state index is -0.425. The summed E-state index contributed by atoms with van der Waals surface area (Å²) in [7, 11) is 0. The second-order valence-corrected chi connectivity index (χ2v) is 5.77. The summed E-state index contributed by atoms with van der Waals surface area (Å²) in [5.74, 6) is 1.49. The summed E-state index contributed by atoms with van der Waals surface area (Å²) in [6, 6.07) is 3.86. The minimum Gasteiger partial charge on any atom is -0.490 e. The van der Waals surface area contributed by atoms with Gasteiger partial charge < -0.3 is 9.47 Å². The number of fused-ring (bicyclic) bond motifs is 1. The first-order valence-electron chi connectivity index (χ1n) is 6.44. The molecular weight excluding hydrogens is 310 g/mol. The molecule has 1 aliphatic carbocycles. The lowest BCUT2D eigenvalue weighted by Crippen LogP contribution is -2.32. The van der Waals surface area contributed by atoms with Crippen LogP contribution < -0.4 is 9.47 Å².